The van der Waals surface area contributed by atoms with Crippen molar-refractivity contribution in [2.75, 3.05) is 18.5 Å². The van der Waals surface area contributed by atoms with Crippen LogP contribution >= 0.6 is 0 Å². The van der Waals surface area contributed by atoms with Crippen molar-refractivity contribution in [3.63, 3.8) is 0 Å². The van der Waals surface area contributed by atoms with Gasteiger partial charge in [-0.3, -0.25) is 4.79 Å². The number of hydrogen-bond acceptors (Lipinski definition) is 6. The van der Waals surface area contributed by atoms with Gasteiger partial charge >= 0.3 is 0 Å². The smallest absolute Gasteiger partial charge is 0.266 e. The molecule has 0 aliphatic carbocycles. The van der Waals surface area contributed by atoms with Gasteiger partial charge in [-0.1, -0.05) is 31.7 Å². The summed E-state index contributed by atoms with van der Waals surface area (Å²) in [5.74, 6) is -0.647. The number of amides is 1. The number of hydrogen-bond donors (Lipinski definition) is 2. The Morgan fingerprint density at radius 1 is 1.24 bits per heavy atom. The lowest BCUT2D eigenvalue weighted by atomic mass is 10.0. The highest BCUT2D eigenvalue weighted by molar-refractivity contribution is 5.80. The number of carbonyl (C=O) groups excluding carboxylic acids is 1. The van der Waals surface area contributed by atoms with Crippen molar-refractivity contribution in [1.82, 2.24) is 15.3 Å². The van der Waals surface area contributed by atoms with Crippen LogP contribution in [0.25, 0.3) is 0 Å². The summed E-state index contributed by atoms with van der Waals surface area (Å²) in [7, 11) is 0. The van der Waals surface area contributed by atoms with Crippen LogP contribution < -0.4 is 10.6 Å². The van der Waals surface area contributed by atoms with Gasteiger partial charge in [-0.15, -0.1) is 0 Å². The molecule has 1 saturated heterocycles. The Labute approximate surface area is 190 Å². The molecular weight excluding hydrogens is 437 g/mol. The summed E-state index contributed by atoms with van der Waals surface area (Å²) < 4.78 is 52.3. The fourth-order valence-corrected chi connectivity index (χ4v) is 3.49. The van der Waals surface area contributed by atoms with Gasteiger partial charge in [-0.25, -0.2) is 23.1 Å². The third-order valence-electron chi connectivity index (χ3n) is 5.18. The minimum absolute atomic E-state index is 0.0572. The zero-order valence-corrected chi connectivity index (χ0v) is 18.8. The van der Waals surface area contributed by atoms with Crippen molar-refractivity contribution in [3.05, 3.63) is 64.5 Å². The first-order chi connectivity index (χ1) is 15.7. The molecule has 7 nitrogen and oxygen atoms in total. The summed E-state index contributed by atoms with van der Waals surface area (Å²) >= 11 is 0. The van der Waals surface area contributed by atoms with Gasteiger partial charge < -0.3 is 20.1 Å². The molecule has 3 rings (SSSR count). The van der Waals surface area contributed by atoms with Crippen LogP contribution in [0, 0.1) is 12.7 Å². The molecule has 178 valence electrons. The van der Waals surface area contributed by atoms with Crippen LogP contribution in [0.1, 0.15) is 67.2 Å². The number of rotatable bonds is 9. The number of allylic oxidation sites excluding steroid dienone is 1. The van der Waals surface area contributed by atoms with E-state index in [0.717, 1.165) is 6.07 Å². The molecule has 2 N–H and O–H groups in total. The minimum atomic E-state index is -2.93. The Kier molecular flexibility index (Phi) is 8.04. The Morgan fingerprint density at radius 2 is 1.91 bits per heavy atom. The molecule has 1 fully saturated rings. The highest BCUT2D eigenvalue weighted by Crippen LogP contribution is 2.34. The van der Waals surface area contributed by atoms with Crippen molar-refractivity contribution < 1.29 is 27.4 Å². The number of nitrogens with zero attached hydrogens (tertiary/aromatic N) is 2. The van der Waals surface area contributed by atoms with E-state index in [0.29, 0.717) is 42.4 Å². The topological polar surface area (TPSA) is 85.4 Å². The summed E-state index contributed by atoms with van der Waals surface area (Å²) in [4.78, 5) is 21.3. The molecule has 0 spiro atoms. The number of anilines is 1. The summed E-state index contributed by atoms with van der Waals surface area (Å²) in [6.07, 6.45) is -3.25. The van der Waals surface area contributed by atoms with Gasteiger partial charge in [-0.05, 0) is 20.3 Å². The fraction of sp³-hybridized carbons (Fsp3) is 0.435. The number of carbonyl (C=O) groups is 1. The monoisotopic (exact) mass is 464 g/mol. The second-order valence-electron chi connectivity index (χ2n) is 7.65. The van der Waals surface area contributed by atoms with Crippen LogP contribution in [0.2, 0.25) is 0 Å². The largest absolute Gasteiger partial charge is 0.363 e. The van der Waals surface area contributed by atoms with Crippen molar-refractivity contribution in [2.24, 2.45) is 0 Å². The Balaban J connectivity index is 1.97. The Hall–Kier alpha value is -2.98. The van der Waals surface area contributed by atoms with E-state index < -0.39 is 30.1 Å². The summed E-state index contributed by atoms with van der Waals surface area (Å²) in [5, 5.41) is 5.78. The van der Waals surface area contributed by atoms with Gasteiger partial charge in [0, 0.05) is 11.3 Å². The first kappa shape index (κ1) is 24.7. The molecule has 1 amide bonds. The highest BCUT2D eigenvalue weighted by Gasteiger charge is 2.29. The quantitative estimate of drug-likeness (QED) is 0.561. The highest BCUT2D eigenvalue weighted by atomic mass is 19.3. The molecule has 1 atom stereocenters. The SMILES string of the molecule is C=C(CC)NC(=O)Cc1nc(C)nc(N[C@H](C)c2cccc(C(F)F)c2F)c1C1OCCO1. The third kappa shape index (κ3) is 5.88. The second kappa shape index (κ2) is 10.8. The van der Waals surface area contributed by atoms with Crippen LogP contribution in [0.15, 0.2) is 30.5 Å². The second-order valence-corrected chi connectivity index (χ2v) is 7.65. The molecule has 0 saturated carbocycles. The lowest BCUT2D eigenvalue weighted by Crippen LogP contribution is -2.26. The molecule has 1 aliphatic rings. The molecule has 1 aromatic heterocycles. The molecule has 0 bridgehead atoms. The maximum atomic E-state index is 14.7. The molecule has 1 aromatic carbocycles. The average molecular weight is 464 g/mol. The number of ether oxygens (including phenoxy) is 2. The van der Waals surface area contributed by atoms with E-state index in [-0.39, 0.29) is 23.7 Å². The Morgan fingerprint density at radius 3 is 2.55 bits per heavy atom. The number of halogens is 3. The predicted octanol–water partition coefficient (Wildman–Crippen LogP) is 4.66. The van der Waals surface area contributed by atoms with Crippen LogP contribution in [-0.2, 0) is 20.7 Å². The van der Waals surface area contributed by atoms with E-state index >= 15 is 0 Å². The third-order valence-corrected chi connectivity index (χ3v) is 5.18. The molecule has 10 heteroatoms. The predicted molar refractivity (Wildman–Crippen MR) is 116 cm³/mol. The Bertz CT molecular complexity index is 1030. The minimum Gasteiger partial charge on any atom is -0.363 e. The summed E-state index contributed by atoms with van der Waals surface area (Å²) in [5.41, 5.74) is 0.750. The molecule has 0 unspecified atom stereocenters. The molecule has 2 heterocycles. The summed E-state index contributed by atoms with van der Waals surface area (Å²) in [6.45, 7) is 9.61. The standard InChI is InChI=1S/C23H27F3N4O3/c1-5-12(2)27-18(31)11-17-19(23-32-9-10-33-23)22(30-14(4)29-17)28-13(3)15-7-6-8-16(20(15)24)21(25)26/h6-8,13,21,23H,2,5,9-11H2,1,3-4H3,(H,27,31)(H,28,29,30)/t13-/m1/s1. The van der Waals surface area contributed by atoms with Crippen molar-refractivity contribution in [1.29, 1.82) is 0 Å². The lowest BCUT2D eigenvalue weighted by molar-refractivity contribution is -0.119. The first-order valence-electron chi connectivity index (χ1n) is 10.6. The molecule has 0 radical (unpaired) electrons. The van der Waals surface area contributed by atoms with Crippen LogP contribution in [0.5, 0.6) is 0 Å². The van der Waals surface area contributed by atoms with Crippen LogP contribution in [-0.4, -0.2) is 29.1 Å². The van der Waals surface area contributed by atoms with E-state index in [1.165, 1.54) is 12.1 Å². The van der Waals surface area contributed by atoms with Gasteiger partial charge in [0.1, 0.15) is 17.5 Å². The van der Waals surface area contributed by atoms with Crippen molar-refractivity contribution in [3.8, 4) is 0 Å². The summed E-state index contributed by atoms with van der Waals surface area (Å²) in [6, 6.07) is 3.14. The van der Waals surface area contributed by atoms with Gasteiger partial charge in [0.05, 0.1) is 42.5 Å². The molecule has 2 aromatic rings. The number of nitrogens with one attached hydrogen (secondary N) is 2. The van der Waals surface area contributed by atoms with E-state index in [9.17, 15) is 18.0 Å². The van der Waals surface area contributed by atoms with E-state index in [1.807, 2.05) is 6.92 Å². The number of aromatic nitrogens is 2. The number of benzene rings is 1. The average Bonchev–Trinajstić information content (AvgIpc) is 3.27. The van der Waals surface area contributed by atoms with Gasteiger partial charge in [0.2, 0.25) is 5.91 Å². The number of alkyl halides is 2. The van der Waals surface area contributed by atoms with Crippen molar-refractivity contribution in [2.45, 2.75) is 52.4 Å². The lowest BCUT2D eigenvalue weighted by Gasteiger charge is -2.23. The van der Waals surface area contributed by atoms with E-state index in [2.05, 4.69) is 27.2 Å². The maximum absolute atomic E-state index is 14.7. The van der Waals surface area contributed by atoms with Crippen LogP contribution in [0.4, 0.5) is 19.0 Å². The zero-order chi connectivity index (χ0) is 24.1. The fourth-order valence-electron chi connectivity index (χ4n) is 3.49. The molecule has 33 heavy (non-hydrogen) atoms. The number of aryl methyl sites for hydroxylation is 1. The molecular formula is C23H27F3N4O3. The first-order valence-corrected chi connectivity index (χ1v) is 10.6. The van der Waals surface area contributed by atoms with E-state index in [1.54, 1.807) is 13.8 Å². The molecule has 1 aliphatic heterocycles. The van der Waals surface area contributed by atoms with Crippen LogP contribution in [0.3, 0.4) is 0 Å². The zero-order valence-electron chi connectivity index (χ0n) is 18.8. The van der Waals surface area contributed by atoms with Gasteiger partial charge in [0.25, 0.3) is 6.43 Å². The van der Waals surface area contributed by atoms with E-state index in [4.69, 9.17) is 9.47 Å². The van der Waals surface area contributed by atoms with Gasteiger partial charge in [0.15, 0.2) is 6.29 Å². The van der Waals surface area contributed by atoms with Gasteiger partial charge in [-0.2, -0.15) is 0 Å². The van der Waals surface area contributed by atoms with Crippen molar-refractivity contribution >= 4 is 11.7 Å². The normalized spacial score (nSPS) is 15.0. The maximum Gasteiger partial charge on any atom is 0.266 e.